The van der Waals surface area contributed by atoms with Crippen LogP contribution in [-0.2, 0) is 6.42 Å². The van der Waals surface area contributed by atoms with Crippen molar-refractivity contribution in [2.75, 3.05) is 7.11 Å². The molecule has 0 aliphatic carbocycles. The quantitative estimate of drug-likeness (QED) is 0.638. The van der Waals surface area contributed by atoms with Gasteiger partial charge < -0.3 is 4.74 Å². The maximum atomic E-state index is 5.25. The highest BCUT2D eigenvalue weighted by atomic mass is 79.9. The molecule has 0 fully saturated rings. The molecule has 0 saturated heterocycles. The lowest BCUT2D eigenvalue weighted by atomic mass is 10.0. The van der Waals surface area contributed by atoms with Crippen molar-refractivity contribution in [2.45, 2.75) is 18.2 Å². The first-order valence-corrected chi connectivity index (χ1v) is 7.84. The minimum atomic E-state index is 0.303. The van der Waals surface area contributed by atoms with Gasteiger partial charge in [0, 0.05) is 4.83 Å². The van der Waals surface area contributed by atoms with E-state index in [-0.39, 0.29) is 0 Å². The molecule has 1 nitrogen and oxygen atoms in total. The number of ether oxygens (including phenoxy) is 1. The smallest absolute Gasteiger partial charge is 0.133 e. The van der Waals surface area contributed by atoms with Crippen molar-refractivity contribution >= 4 is 31.9 Å². The van der Waals surface area contributed by atoms with Crippen molar-refractivity contribution < 1.29 is 4.74 Å². The highest BCUT2D eigenvalue weighted by Gasteiger charge is 2.10. The van der Waals surface area contributed by atoms with Crippen LogP contribution in [0.25, 0.3) is 0 Å². The Kier molecular flexibility index (Phi) is 5.06. The van der Waals surface area contributed by atoms with Gasteiger partial charge in [0.15, 0.2) is 0 Å². The summed E-state index contributed by atoms with van der Waals surface area (Å²) in [4.78, 5) is 0.303. The van der Waals surface area contributed by atoms with E-state index >= 15 is 0 Å². The van der Waals surface area contributed by atoms with Gasteiger partial charge in [-0.05, 0) is 52.5 Å². The second-order valence-electron chi connectivity index (χ2n) is 4.55. The molecule has 1 unspecified atom stereocenters. The molecule has 19 heavy (non-hydrogen) atoms. The summed E-state index contributed by atoms with van der Waals surface area (Å²) in [5, 5.41) is 0. The van der Waals surface area contributed by atoms with Crippen LogP contribution in [0.1, 0.15) is 21.5 Å². The summed E-state index contributed by atoms with van der Waals surface area (Å²) in [5.41, 5.74) is 3.87. The minimum absolute atomic E-state index is 0.303. The predicted molar refractivity (Wildman–Crippen MR) is 87.2 cm³/mol. The monoisotopic (exact) mass is 382 g/mol. The van der Waals surface area contributed by atoms with Gasteiger partial charge in [-0.25, -0.2) is 0 Å². The van der Waals surface area contributed by atoms with Crippen molar-refractivity contribution in [2.24, 2.45) is 0 Å². The van der Waals surface area contributed by atoms with Crippen molar-refractivity contribution in [1.29, 1.82) is 0 Å². The molecule has 1 atom stereocenters. The van der Waals surface area contributed by atoms with Gasteiger partial charge in [0.2, 0.25) is 0 Å². The number of halogens is 2. The Labute approximate surface area is 131 Å². The molecular formula is C16H16Br2O. The largest absolute Gasteiger partial charge is 0.496 e. The fraction of sp³-hybridized carbons (Fsp3) is 0.250. The number of methoxy groups -OCH3 is 1. The number of hydrogen-bond acceptors (Lipinski definition) is 1. The zero-order valence-corrected chi connectivity index (χ0v) is 14.2. The molecule has 0 aromatic heterocycles. The normalized spacial score (nSPS) is 12.2. The molecule has 0 N–H and O–H groups in total. The van der Waals surface area contributed by atoms with Crippen molar-refractivity contribution in [3.63, 3.8) is 0 Å². The Balaban J connectivity index is 2.13. The Hall–Kier alpha value is -0.800. The third kappa shape index (κ3) is 3.83. The summed E-state index contributed by atoms with van der Waals surface area (Å²) in [6.45, 7) is 2.11. The van der Waals surface area contributed by atoms with Crippen LogP contribution in [-0.4, -0.2) is 7.11 Å². The standard InChI is InChI=1S/C16H16Br2O/c1-11-3-5-12(6-4-11)9-14(17)13-7-8-16(19-2)15(18)10-13/h3-8,10,14H,9H2,1-2H3. The van der Waals surface area contributed by atoms with Gasteiger partial charge in [0.25, 0.3) is 0 Å². The summed E-state index contributed by atoms with van der Waals surface area (Å²) >= 11 is 7.28. The van der Waals surface area contributed by atoms with Crippen LogP contribution in [0.3, 0.4) is 0 Å². The van der Waals surface area contributed by atoms with Crippen LogP contribution in [0.5, 0.6) is 5.75 Å². The van der Waals surface area contributed by atoms with Gasteiger partial charge in [-0.2, -0.15) is 0 Å². The van der Waals surface area contributed by atoms with Gasteiger partial charge in [0.1, 0.15) is 5.75 Å². The topological polar surface area (TPSA) is 9.23 Å². The first-order chi connectivity index (χ1) is 9.10. The summed E-state index contributed by atoms with van der Waals surface area (Å²) in [5.74, 6) is 0.860. The fourth-order valence-electron chi connectivity index (χ4n) is 1.93. The summed E-state index contributed by atoms with van der Waals surface area (Å²) in [7, 11) is 1.68. The van der Waals surface area contributed by atoms with E-state index in [0.29, 0.717) is 4.83 Å². The van der Waals surface area contributed by atoms with E-state index in [0.717, 1.165) is 16.6 Å². The molecule has 0 heterocycles. The van der Waals surface area contributed by atoms with Gasteiger partial charge in [-0.15, -0.1) is 0 Å². The molecule has 2 aromatic carbocycles. The predicted octanol–water partition coefficient (Wildman–Crippen LogP) is 5.44. The lowest BCUT2D eigenvalue weighted by molar-refractivity contribution is 0.412. The third-order valence-corrected chi connectivity index (χ3v) is 4.55. The molecule has 0 saturated carbocycles. The van der Waals surface area contributed by atoms with Gasteiger partial charge in [0.05, 0.1) is 11.6 Å². The highest BCUT2D eigenvalue weighted by Crippen LogP contribution is 2.33. The van der Waals surface area contributed by atoms with E-state index in [1.807, 2.05) is 6.07 Å². The zero-order chi connectivity index (χ0) is 13.8. The molecule has 0 aliphatic heterocycles. The zero-order valence-electron chi connectivity index (χ0n) is 11.0. The summed E-state index contributed by atoms with van der Waals surface area (Å²) < 4.78 is 6.24. The van der Waals surface area contributed by atoms with Crippen molar-refractivity contribution in [3.05, 3.63) is 63.6 Å². The van der Waals surface area contributed by atoms with Crippen LogP contribution in [0.4, 0.5) is 0 Å². The van der Waals surface area contributed by atoms with Crippen LogP contribution in [0.2, 0.25) is 0 Å². The van der Waals surface area contributed by atoms with Crippen molar-refractivity contribution in [1.82, 2.24) is 0 Å². The fourth-order valence-corrected chi connectivity index (χ4v) is 3.14. The molecule has 0 amide bonds. The minimum Gasteiger partial charge on any atom is -0.496 e. The van der Waals surface area contributed by atoms with E-state index in [9.17, 15) is 0 Å². The van der Waals surface area contributed by atoms with Crippen molar-refractivity contribution in [3.8, 4) is 5.75 Å². The third-order valence-electron chi connectivity index (χ3n) is 3.07. The maximum Gasteiger partial charge on any atom is 0.133 e. The molecule has 2 rings (SSSR count). The Morgan fingerprint density at radius 3 is 2.37 bits per heavy atom. The Bertz CT molecular complexity index is 549. The number of rotatable bonds is 4. The summed E-state index contributed by atoms with van der Waals surface area (Å²) in [6, 6.07) is 14.9. The molecule has 3 heteroatoms. The number of hydrogen-bond donors (Lipinski definition) is 0. The second kappa shape index (κ2) is 6.58. The van der Waals surface area contributed by atoms with E-state index in [1.165, 1.54) is 16.7 Å². The van der Waals surface area contributed by atoms with Gasteiger partial charge in [-0.1, -0.05) is 51.8 Å². The Morgan fingerprint density at radius 1 is 1.11 bits per heavy atom. The molecule has 2 aromatic rings. The van der Waals surface area contributed by atoms with E-state index in [2.05, 4.69) is 75.2 Å². The molecule has 0 aliphatic rings. The number of benzene rings is 2. The first-order valence-electron chi connectivity index (χ1n) is 6.13. The van der Waals surface area contributed by atoms with Gasteiger partial charge >= 0.3 is 0 Å². The average Bonchev–Trinajstić information content (AvgIpc) is 2.41. The van der Waals surface area contributed by atoms with Gasteiger partial charge in [-0.3, -0.25) is 0 Å². The summed E-state index contributed by atoms with van der Waals surface area (Å²) in [6.07, 6.45) is 0.971. The average molecular weight is 384 g/mol. The Morgan fingerprint density at radius 2 is 1.79 bits per heavy atom. The molecule has 100 valence electrons. The van der Waals surface area contributed by atoms with Crippen LogP contribution < -0.4 is 4.74 Å². The number of aryl methyl sites for hydroxylation is 1. The molecular weight excluding hydrogens is 368 g/mol. The van der Waals surface area contributed by atoms with Crippen LogP contribution >= 0.6 is 31.9 Å². The lowest BCUT2D eigenvalue weighted by Gasteiger charge is -2.12. The van der Waals surface area contributed by atoms with Crippen LogP contribution in [0, 0.1) is 6.92 Å². The number of alkyl halides is 1. The maximum absolute atomic E-state index is 5.25. The second-order valence-corrected chi connectivity index (χ2v) is 6.51. The first kappa shape index (κ1) is 14.6. The SMILES string of the molecule is COc1ccc(C(Br)Cc2ccc(C)cc2)cc1Br. The lowest BCUT2D eigenvalue weighted by Crippen LogP contribution is -1.96. The molecule has 0 spiro atoms. The van der Waals surface area contributed by atoms with Crippen LogP contribution in [0.15, 0.2) is 46.9 Å². The highest BCUT2D eigenvalue weighted by molar-refractivity contribution is 9.10. The van der Waals surface area contributed by atoms with E-state index < -0.39 is 0 Å². The molecule has 0 bridgehead atoms. The van der Waals surface area contributed by atoms with E-state index in [4.69, 9.17) is 4.74 Å². The molecule has 0 radical (unpaired) electrons. The van der Waals surface area contributed by atoms with E-state index in [1.54, 1.807) is 7.11 Å².